The molecule has 1 aliphatic carbocycles. The fraction of sp³-hybridized carbons (Fsp3) is 0.385. The van der Waals surface area contributed by atoms with E-state index in [0.29, 0.717) is 6.04 Å². The fourth-order valence-corrected chi connectivity index (χ4v) is 2.44. The molecular weight excluding hydrogens is 246 g/mol. The summed E-state index contributed by atoms with van der Waals surface area (Å²) in [6.45, 7) is 2.04. The van der Waals surface area contributed by atoms with Gasteiger partial charge in [-0.15, -0.1) is 0 Å². The maximum absolute atomic E-state index is 5.39. The molecule has 1 N–H and O–H groups in total. The van der Waals surface area contributed by atoms with Crippen LogP contribution in [-0.2, 0) is 0 Å². The highest BCUT2D eigenvalue weighted by molar-refractivity contribution is 7.09. The standard InChI is InChI=1S/C13H15N3OS/c1-8-3-6-10(11(7-8)17-2)12-15-13(18-16-12)14-9-4-5-9/h3,6-7,9H,4-5H2,1-2H3,(H,14,15,16). The van der Waals surface area contributed by atoms with Gasteiger partial charge in [-0.1, -0.05) is 6.07 Å². The highest BCUT2D eigenvalue weighted by atomic mass is 32.1. The van der Waals surface area contributed by atoms with Crippen LogP contribution in [0.1, 0.15) is 18.4 Å². The van der Waals surface area contributed by atoms with Gasteiger partial charge in [0.05, 0.1) is 12.7 Å². The third-order valence-electron chi connectivity index (χ3n) is 2.93. The van der Waals surface area contributed by atoms with E-state index in [1.807, 2.05) is 25.1 Å². The van der Waals surface area contributed by atoms with E-state index in [0.717, 1.165) is 22.3 Å². The van der Waals surface area contributed by atoms with Crippen LogP contribution < -0.4 is 10.1 Å². The lowest BCUT2D eigenvalue weighted by molar-refractivity contribution is 0.416. The van der Waals surface area contributed by atoms with Gasteiger partial charge in [-0.3, -0.25) is 0 Å². The van der Waals surface area contributed by atoms with Crippen molar-refractivity contribution in [1.29, 1.82) is 0 Å². The Morgan fingerprint density at radius 3 is 2.94 bits per heavy atom. The molecule has 0 unspecified atom stereocenters. The summed E-state index contributed by atoms with van der Waals surface area (Å²) in [4.78, 5) is 4.52. The highest BCUT2D eigenvalue weighted by Gasteiger charge is 2.22. The molecule has 1 heterocycles. The van der Waals surface area contributed by atoms with Crippen LogP contribution in [0.4, 0.5) is 5.13 Å². The zero-order chi connectivity index (χ0) is 12.5. The van der Waals surface area contributed by atoms with Gasteiger partial charge in [0.25, 0.3) is 0 Å². The highest BCUT2D eigenvalue weighted by Crippen LogP contribution is 2.32. The third-order valence-corrected chi connectivity index (χ3v) is 3.58. The Morgan fingerprint density at radius 2 is 2.22 bits per heavy atom. The minimum atomic E-state index is 0.603. The van der Waals surface area contributed by atoms with Crippen molar-refractivity contribution in [2.75, 3.05) is 12.4 Å². The molecule has 0 aliphatic heterocycles. The van der Waals surface area contributed by atoms with Gasteiger partial charge in [0.1, 0.15) is 5.75 Å². The first kappa shape index (κ1) is 11.5. The molecule has 0 radical (unpaired) electrons. The van der Waals surface area contributed by atoms with Crippen LogP contribution in [0.5, 0.6) is 5.75 Å². The molecule has 1 saturated carbocycles. The second-order valence-corrected chi connectivity index (χ2v) is 5.30. The number of hydrogen-bond acceptors (Lipinski definition) is 5. The van der Waals surface area contributed by atoms with Crippen molar-refractivity contribution in [2.24, 2.45) is 0 Å². The molecule has 1 aromatic heterocycles. The monoisotopic (exact) mass is 261 g/mol. The Kier molecular flexibility index (Phi) is 2.91. The van der Waals surface area contributed by atoms with Gasteiger partial charge in [0.2, 0.25) is 5.13 Å². The number of hydrogen-bond donors (Lipinski definition) is 1. The molecule has 1 aliphatic rings. The Bertz CT molecular complexity index is 563. The van der Waals surface area contributed by atoms with E-state index >= 15 is 0 Å². The number of aromatic nitrogens is 2. The first-order valence-corrected chi connectivity index (χ1v) is 6.79. The molecule has 0 spiro atoms. The molecule has 0 atom stereocenters. The smallest absolute Gasteiger partial charge is 0.203 e. The van der Waals surface area contributed by atoms with Crippen LogP contribution in [0.3, 0.4) is 0 Å². The van der Waals surface area contributed by atoms with Crippen LogP contribution in [0.15, 0.2) is 18.2 Å². The second-order valence-electron chi connectivity index (χ2n) is 4.55. The topological polar surface area (TPSA) is 47.0 Å². The van der Waals surface area contributed by atoms with Crippen molar-refractivity contribution in [3.63, 3.8) is 0 Å². The van der Waals surface area contributed by atoms with Gasteiger partial charge in [-0.25, -0.2) is 0 Å². The lowest BCUT2D eigenvalue weighted by Gasteiger charge is -2.06. The van der Waals surface area contributed by atoms with Crippen molar-refractivity contribution in [2.45, 2.75) is 25.8 Å². The van der Waals surface area contributed by atoms with Crippen LogP contribution in [0.25, 0.3) is 11.4 Å². The van der Waals surface area contributed by atoms with Crippen LogP contribution in [-0.4, -0.2) is 22.5 Å². The molecule has 0 bridgehead atoms. The maximum Gasteiger partial charge on any atom is 0.203 e. The van der Waals surface area contributed by atoms with E-state index in [-0.39, 0.29) is 0 Å². The lowest BCUT2D eigenvalue weighted by Crippen LogP contribution is -1.99. The van der Waals surface area contributed by atoms with Gasteiger partial charge < -0.3 is 10.1 Å². The molecular formula is C13H15N3OS. The zero-order valence-corrected chi connectivity index (χ0v) is 11.3. The summed E-state index contributed by atoms with van der Waals surface area (Å²) in [5.74, 6) is 1.56. The van der Waals surface area contributed by atoms with Gasteiger partial charge in [-0.05, 0) is 37.5 Å². The van der Waals surface area contributed by atoms with Crippen molar-refractivity contribution < 1.29 is 4.74 Å². The van der Waals surface area contributed by atoms with E-state index in [9.17, 15) is 0 Å². The average molecular weight is 261 g/mol. The number of rotatable bonds is 4. The molecule has 0 amide bonds. The molecule has 2 aromatic rings. The fourth-order valence-electron chi connectivity index (χ4n) is 1.78. The lowest BCUT2D eigenvalue weighted by atomic mass is 10.1. The largest absolute Gasteiger partial charge is 0.496 e. The first-order chi connectivity index (χ1) is 8.76. The first-order valence-electron chi connectivity index (χ1n) is 6.01. The predicted octanol–water partition coefficient (Wildman–Crippen LogP) is 3.10. The Balaban J connectivity index is 1.90. The number of anilines is 1. The minimum Gasteiger partial charge on any atom is -0.496 e. The predicted molar refractivity (Wildman–Crippen MR) is 73.3 cm³/mol. The van der Waals surface area contributed by atoms with E-state index in [2.05, 4.69) is 14.7 Å². The van der Waals surface area contributed by atoms with Crippen LogP contribution in [0, 0.1) is 6.92 Å². The van der Waals surface area contributed by atoms with Crippen molar-refractivity contribution >= 4 is 16.7 Å². The van der Waals surface area contributed by atoms with Crippen LogP contribution >= 0.6 is 11.5 Å². The second kappa shape index (κ2) is 4.57. The summed E-state index contributed by atoms with van der Waals surface area (Å²) in [5.41, 5.74) is 2.12. The van der Waals surface area contributed by atoms with Gasteiger partial charge in [-0.2, -0.15) is 9.36 Å². The molecule has 4 nitrogen and oxygen atoms in total. The van der Waals surface area contributed by atoms with Crippen molar-refractivity contribution in [3.05, 3.63) is 23.8 Å². The van der Waals surface area contributed by atoms with Crippen molar-refractivity contribution in [3.8, 4) is 17.1 Å². The van der Waals surface area contributed by atoms with E-state index in [1.165, 1.54) is 29.9 Å². The maximum atomic E-state index is 5.39. The van der Waals surface area contributed by atoms with Gasteiger partial charge in [0, 0.05) is 17.6 Å². The number of ether oxygens (including phenoxy) is 1. The summed E-state index contributed by atoms with van der Waals surface area (Å²) in [6.07, 6.45) is 2.48. The Hall–Kier alpha value is -1.62. The Labute approximate surface area is 110 Å². The SMILES string of the molecule is COc1cc(C)ccc1-c1nsc(NC2CC2)n1. The molecule has 18 heavy (non-hydrogen) atoms. The van der Waals surface area contributed by atoms with E-state index in [1.54, 1.807) is 7.11 Å². The van der Waals surface area contributed by atoms with E-state index < -0.39 is 0 Å². The quantitative estimate of drug-likeness (QED) is 0.918. The Morgan fingerprint density at radius 1 is 1.39 bits per heavy atom. The molecule has 1 aromatic carbocycles. The zero-order valence-electron chi connectivity index (χ0n) is 10.4. The summed E-state index contributed by atoms with van der Waals surface area (Å²) < 4.78 is 9.78. The minimum absolute atomic E-state index is 0.603. The molecule has 5 heteroatoms. The molecule has 94 valence electrons. The number of methoxy groups -OCH3 is 1. The van der Waals surface area contributed by atoms with E-state index in [4.69, 9.17) is 4.74 Å². The molecule has 3 rings (SSSR count). The number of nitrogens with zero attached hydrogens (tertiary/aromatic N) is 2. The average Bonchev–Trinajstić information content (AvgIpc) is 3.06. The number of aryl methyl sites for hydroxylation is 1. The molecule has 0 saturated heterocycles. The normalized spacial score (nSPS) is 14.6. The summed E-state index contributed by atoms with van der Waals surface area (Å²) in [6, 6.07) is 6.67. The van der Waals surface area contributed by atoms with Crippen LogP contribution in [0.2, 0.25) is 0 Å². The van der Waals surface area contributed by atoms with Gasteiger partial charge >= 0.3 is 0 Å². The van der Waals surface area contributed by atoms with Gasteiger partial charge in [0.15, 0.2) is 5.82 Å². The number of benzene rings is 1. The third kappa shape index (κ3) is 2.31. The summed E-state index contributed by atoms with van der Waals surface area (Å²) in [7, 11) is 1.67. The molecule has 1 fully saturated rings. The number of nitrogens with one attached hydrogen (secondary N) is 1. The van der Waals surface area contributed by atoms with Crippen molar-refractivity contribution in [1.82, 2.24) is 9.36 Å². The summed E-state index contributed by atoms with van der Waals surface area (Å²) in [5, 5.41) is 4.26. The summed E-state index contributed by atoms with van der Waals surface area (Å²) >= 11 is 1.41.